The standard InChI is InChI=1S/C23H37N11O5S/c1-40-6-4-15(24)19(35)32-16(3-2-5-29-23(25)26)20(36)33-17(7-13-9-27-11-30-13)21(37)34-18(22(38)39)8-14-10-28-12-31-14/h9-12,15-18H,2-8,24H2,1H3,(H,27,30)(H,28,31)(H,32,35)(H,33,36)(H,34,37)(H,38,39)(H4,25,26,29). The predicted molar refractivity (Wildman–Crippen MR) is 149 cm³/mol. The molecule has 0 aliphatic carbocycles. The molecule has 17 heteroatoms. The summed E-state index contributed by atoms with van der Waals surface area (Å²) in [6, 6.07) is -4.37. The third-order valence-electron chi connectivity index (χ3n) is 5.75. The number of aromatic nitrogens is 4. The van der Waals surface area contributed by atoms with E-state index in [1.54, 1.807) is 0 Å². The van der Waals surface area contributed by atoms with Gasteiger partial charge in [-0.25, -0.2) is 14.8 Å². The molecule has 4 unspecified atom stereocenters. The van der Waals surface area contributed by atoms with E-state index in [0.29, 0.717) is 30.0 Å². The first-order chi connectivity index (χ1) is 19.1. The first-order valence-electron chi connectivity index (χ1n) is 12.5. The summed E-state index contributed by atoms with van der Waals surface area (Å²) >= 11 is 1.54. The number of amides is 3. The Kier molecular flexibility index (Phi) is 13.4. The molecule has 3 amide bonds. The number of carboxylic acid groups (broad SMARTS) is 1. The van der Waals surface area contributed by atoms with Crippen LogP contribution in [0.1, 0.15) is 30.7 Å². The van der Waals surface area contributed by atoms with Crippen LogP contribution in [0.2, 0.25) is 0 Å². The zero-order valence-electron chi connectivity index (χ0n) is 22.1. The number of nitrogens with two attached hydrogens (primary N) is 3. The summed E-state index contributed by atoms with van der Waals surface area (Å²) in [5.41, 5.74) is 17.7. The number of H-pyrrole nitrogens is 2. The summed E-state index contributed by atoms with van der Waals surface area (Å²) in [6.45, 7) is 0.215. The number of carbonyl (C=O) groups excluding carboxylic acids is 3. The number of aliphatic imine (C=N–C) groups is 1. The van der Waals surface area contributed by atoms with Crippen molar-refractivity contribution in [3.05, 3.63) is 36.4 Å². The molecule has 0 aromatic carbocycles. The molecule has 0 fully saturated rings. The summed E-state index contributed by atoms with van der Waals surface area (Å²) in [7, 11) is 0. The number of hydrogen-bond acceptors (Lipinski definition) is 9. The molecule has 0 saturated carbocycles. The van der Waals surface area contributed by atoms with E-state index < -0.39 is 47.9 Å². The van der Waals surface area contributed by atoms with Crippen LogP contribution in [0.15, 0.2) is 30.0 Å². The fourth-order valence-corrected chi connectivity index (χ4v) is 4.10. The predicted octanol–water partition coefficient (Wildman–Crippen LogP) is -2.41. The Balaban J connectivity index is 2.19. The Morgan fingerprint density at radius 3 is 2.00 bits per heavy atom. The lowest BCUT2D eigenvalue weighted by Crippen LogP contribution is -2.58. The van der Waals surface area contributed by atoms with Crippen LogP contribution < -0.4 is 33.2 Å². The molecule has 0 aliphatic rings. The Bertz CT molecular complexity index is 1110. The van der Waals surface area contributed by atoms with Crippen molar-refractivity contribution < 1.29 is 24.3 Å². The van der Waals surface area contributed by atoms with E-state index in [1.807, 2.05) is 6.26 Å². The molecule has 16 nitrogen and oxygen atoms in total. The molecule has 0 aliphatic heterocycles. The number of carbonyl (C=O) groups is 4. The van der Waals surface area contributed by atoms with E-state index in [-0.39, 0.29) is 31.8 Å². The molecular weight excluding hydrogens is 542 g/mol. The quantitative estimate of drug-likeness (QED) is 0.0509. The number of imidazole rings is 2. The molecule has 0 saturated heterocycles. The van der Waals surface area contributed by atoms with Crippen molar-refractivity contribution in [2.75, 3.05) is 18.6 Å². The molecule has 2 rings (SSSR count). The van der Waals surface area contributed by atoms with Gasteiger partial charge in [-0.2, -0.15) is 11.8 Å². The lowest BCUT2D eigenvalue weighted by molar-refractivity contribution is -0.142. The van der Waals surface area contributed by atoms with Crippen LogP contribution in [0.3, 0.4) is 0 Å². The van der Waals surface area contributed by atoms with Gasteiger partial charge in [-0.05, 0) is 31.3 Å². The van der Waals surface area contributed by atoms with Crippen LogP contribution in [0.4, 0.5) is 0 Å². The SMILES string of the molecule is CSCCC(N)C(=O)NC(CCCN=C(N)N)C(=O)NC(Cc1cnc[nH]1)C(=O)NC(Cc1cnc[nH]1)C(=O)O. The second-order valence-corrected chi connectivity index (χ2v) is 9.91. The molecule has 2 heterocycles. The summed E-state index contributed by atoms with van der Waals surface area (Å²) in [4.78, 5) is 68.5. The first kappa shape index (κ1) is 32.1. The van der Waals surface area contributed by atoms with Crippen LogP contribution in [-0.2, 0) is 32.0 Å². The van der Waals surface area contributed by atoms with E-state index in [4.69, 9.17) is 17.2 Å². The molecule has 220 valence electrons. The normalized spacial score (nSPS) is 13.8. The van der Waals surface area contributed by atoms with E-state index in [0.717, 1.165) is 0 Å². The van der Waals surface area contributed by atoms with Crippen molar-refractivity contribution in [2.45, 2.75) is 56.3 Å². The van der Waals surface area contributed by atoms with E-state index in [2.05, 4.69) is 40.9 Å². The van der Waals surface area contributed by atoms with Gasteiger partial charge in [0.1, 0.15) is 18.1 Å². The van der Waals surface area contributed by atoms with Crippen LogP contribution in [-0.4, -0.2) is 97.4 Å². The van der Waals surface area contributed by atoms with Crippen molar-refractivity contribution in [3.8, 4) is 0 Å². The van der Waals surface area contributed by atoms with Gasteiger partial charge >= 0.3 is 5.97 Å². The molecule has 0 radical (unpaired) electrons. The molecule has 0 spiro atoms. The van der Waals surface area contributed by atoms with Crippen molar-refractivity contribution >= 4 is 41.4 Å². The Morgan fingerprint density at radius 1 is 0.925 bits per heavy atom. The minimum absolute atomic E-state index is 0.0180. The Morgan fingerprint density at radius 2 is 1.48 bits per heavy atom. The van der Waals surface area contributed by atoms with E-state index in [1.165, 1.54) is 36.8 Å². The van der Waals surface area contributed by atoms with Crippen molar-refractivity contribution in [3.63, 3.8) is 0 Å². The van der Waals surface area contributed by atoms with Gasteiger partial charge in [-0.15, -0.1) is 0 Å². The first-order valence-corrected chi connectivity index (χ1v) is 13.9. The lowest BCUT2D eigenvalue weighted by Gasteiger charge is -2.25. The summed E-state index contributed by atoms with van der Waals surface area (Å²) < 4.78 is 0. The third-order valence-corrected chi connectivity index (χ3v) is 6.40. The molecule has 4 atom stereocenters. The van der Waals surface area contributed by atoms with Crippen molar-refractivity contribution in [1.29, 1.82) is 0 Å². The highest BCUT2D eigenvalue weighted by Crippen LogP contribution is 2.07. The average molecular weight is 580 g/mol. The van der Waals surface area contributed by atoms with Gasteiger partial charge in [0.15, 0.2) is 5.96 Å². The highest BCUT2D eigenvalue weighted by molar-refractivity contribution is 7.98. The van der Waals surface area contributed by atoms with Crippen LogP contribution in [0.25, 0.3) is 0 Å². The van der Waals surface area contributed by atoms with Crippen LogP contribution >= 0.6 is 11.8 Å². The number of thioether (sulfide) groups is 1. The van der Waals surface area contributed by atoms with Gasteiger partial charge in [-0.3, -0.25) is 19.4 Å². The molecular formula is C23H37N11O5S. The Labute approximate surface area is 235 Å². The maximum atomic E-state index is 13.4. The highest BCUT2D eigenvalue weighted by atomic mass is 32.2. The van der Waals surface area contributed by atoms with Gasteiger partial charge in [0.2, 0.25) is 17.7 Å². The molecule has 12 N–H and O–H groups in total. The van der Waals surface area contributed by atoms with E-state index >= 15 is 0 Å². The zero-order chi connectivity index (χ0) is 29.5. The van der Waals surface area contributed by atoms with Crippen LogP contribution in [0, 0.1) is 0 Å². The highest BCUT2D eigenvalue weighted by Gasteiger charge is 2.31. The largest absolute Gasteiger partial charge is 0.480 e. The zero-order valence-corrected chi connectivity index (χ0v) is 22.9. The minimum Gasteiger partial charge on any atom is -0.480 e. The lowest BCUT2D eigenvalue weighted by atomic mass is 10.1. The summed E-state index contributed by atoms with van der Waals surface area (Å²) in [5.74, 6) is -2.63. The maximum absolute atomic E-state index is 13.4. The maximum Gasteiger partial charge on any atom is 0.326 e. The number of carboxylic acids is 1. The fourth-order valence-electron chi connectivity index (χ4n) is 3.61. The van der Waals surface area contributed by atoms with Gasteiger partial charge in [0.25, 0.3) is 0 Å². The van der Waals surface area contributed by atoms with Crippen molar-refractivity contribution in [1.82, 2.24) is 35.9 Å². The van der Waals surface area contributed by atoms with Crippen LogP contribution in [0.5, 0.6) is 0 Å². The van der Waals surface area contributed by atoms with Gasteiger partial charge in [-0.1, -0.05) is 0 Å². The second kappa shape index (κ2) is 16.8. The number of rotatable bonds is 18. The second-order valence-electron chi connectivity index (χ2n) is 8.92. The molecule has 0 bridgehead atoms. The smallest absolute Gasteiger partial charge is 0.326 e. The number of guanidine groups is 1. The number of aromatic amines is 2. The topological polar surface area (TPSA) is 272 Å². The molecule has 2 aromatic heterocycles. The minimum atomic E-state index is -1.29. The Hall–Kier alpha value is -4.12. The monoisotopic (exact) mass is 579 g/mol. The number of nitrogens with one attached hydrogen (secondary N) is 5. The number of nitrogens with zero attached hydrogens (tertiary/aromatic N) is 3. The van der Waals surface area contributed by atoms with Gasteiger partial charge in [0, 0.05) is 43.2 Å². The van der Waals surface area contributed by atoms with E-state index in [9.17, 15) is 24.3 Å². The average Bonchev–Trinajstić information content (AvgIpc) is 3.62. The fraction of sp³-hybridized carbons (Fsp3) is 0.522. The van der Waals surface area contributed by atoms with Gasteiger partial charge < -0.3 is 48.2 Å². The number of hydrogen-bond donors (Lipinski definition) is 9. The van der Waals surface area contributed by atoms with Gasteiger partial charge in [0.05, 0.1) is 18.7 Å². The molecule has 40 heavy (non-hydrogen) atoms. The third kappa shape index (κ3) is 11.3. The summed E-state index contributed by atoms with van der Waals surface area (Å²) in [6.07, 6.45) is 8.46. The molecule has 2 aromatic rings. The summed E-state index contributed by atoms with van der Waals surface area (Å²) in [5, 5.41) is 17.4. The van der Waals surface area contributed by atoms with Crippen molar-refractivity contribution in [2.24, 2.45) is 22.2 Å². The number of aliphatic carboxylic acids is 1.